The molecule has 1 aliphatic rings. The first-order valence-electron chi connectivity index (χ1n) is 7.05. The molecule has 23 heavy (non-hydrogen) atoms. The average Bonchev–Trinajstić information content (AvgIpc) is 3.16. The summed E-state index contributed by atoms with van der Waals surface area (Å²) in [5, 5.41) is 8.67. The number of amides is 1. The van der Waals surface area contributed by atoms with Gasteiger partial charge in [0, 0.05) is 12.8 Å². The van der Waals surface area contributed by atoms with Gasteiger partial charge in [0.15, 0.2) is 17.4 Å². The van der Waals surface area contributed by atoms with Crippen molar-refractivity contribution in [3.05, 3.63) is 35.9 Å². The quantitative estimate of drug-likeness (QED) is 0.696. The van der Waals surface area contributed by atoms with Gasteiger partial charge < -0.3 is 4.98 Å². The Bertz CT molecular complexity index is 882. The smallest absolute Gasteiger partial charge is 0.249 e. The van der Waals surface area contributed by atoms with Crippen LogP contribution in [0.3, 0.4) is 0 Å². The van der Waals surface area contributed by atoms with Gasteiger partial charge in [-0.2, -0.15) is 0 Å². The van der Waals surface area contributed by atoms with Crippen molar-refractivity contribution in [1.82, 2.24) is 24.8 Å². The lowest BCUT2D eigenvalue weighted by Crippen LogP contribution is -2.30. The number of fused-ring (bicyclic) bond motifs is 2. The molecule has 116 valence electrons. The first kappa shape index (κ1) is 13.9. The zero-order valence-electron chi connectivity index (χ0n) is 11.9. The molecule has 0 atom stereocenters. The summed E-state index contributed by atoms with van der Waals surface area (Å²) in [5.41, 5.74) is 4.29. The summed E-state index contributed by atoms with van der Waals surface area (Å²) in [7, 11) is 0. The summed E-state index contributed by atoms with van der Waals surface area (Å²) in [5.74, 6) is 1.02. The Hall–Kier alpha value is -2.68. The number of Topliss-reactive ketones (excluding diaryl/α,β-unsaturated/α-hetero) is 1. The first-order valence-corrected chi connectivity index (χ1v) is 8.04. The fourth-order valence-electron chi connectivity index (χ4n) is 2.38. The van der Waals surface area contributed by atoms with Crippen molar-refractivity contribution >= 4 is 34.5 Å². The molecule has 0 bridgehead atoms. The number of imidazole rings is 1. The molecular weight excluding hydrogens is 316 g/mol. The molecule has 0 spiro atoms. The number of benzene rings is 1. The molecule has 2 aromatic heterocycles. The van der Waals surface area contributed by atoms with Crippen LogP contribution in [0.5, 0.6) is 0 Å². The lowest BCUT2D eigenvalue weighted by Gasteiger charge is -2.14. The van der Waals surface area contributed by atoms with Crippen LogP contribution in [0.2, 0.25) is 0 Å². The highest BCUT2D eigenvalue weighted by atomic mass is 32.2. The fourth-order valence-corrected chi connectivity index (χ4v) is 3.09. The monoisotopic (exact) mass is 328 g/mol. The summed E-state index contributed by atoms with van der Waals surface area (Å²) < 4.78 is 1.54. The molecule has 1 amide bonds. The lowest BCUT2D eigenvalue weighted by molar-refractivity contribution is -0.115. The van der Waals surface area contributed by atoms with Crippen LogP contribution in [0.1, 0.15) is 22.9 Å². The minimum absolute atomic E-state index is 0.103. The SMILES string of the molecule is O=C1CSc2nnc(CCC(=O)c3nc4ccccc4[nH]3)n2N1. The van der Waals surface area contributed by atoms with Crippen LogP contribution in [-0.4, -0.2) is 42.3 Å². The van der Waals surface area contributed by atoms with Gasteiger partial charge >= 0.3 is 0 Å². The summed E-state index contributed by atoms with van der Waals surface area (Å²) in [4.78, 5) is 31.1. The van der Waals surface area contributed by atoms with Crippen LogP contribution in [0.25, 0.3) is 11.0 Å². The summed E-state index contributed by atoms with van der Waals surface area (Å²) in [6, 6.07) is 7.49. The van der Waals surface area contributed by atoms with Gasteiger partial charge in [-0.25, -0.2) is 9.66 Å². The number of nitrogens with one attached hydrogen (secondary N) is 2. The average molecular weight is 328 g/mol. The van der Waals surface area contributed by atoms with Crippen LogP contribution in [0.15, 0.2) is 29.4 Å². The molecule has 0 radical (unpaired) electrons. The Labute approximate surface area is 134 Å². The third-order valence-corrected chi connectivity index (χ3v) is 4.43. The van der Waals surface area contributed by atoms with E-state index in [0.717, 1.165) is 11.0 Å². The second-order valence-electron chi connectivity index (χ2n) is 5.08. The van der Waals surface area contributed by atoms with Crippen LogP contribution in [-0.2, 0) is 11.2 Å². The summed E-state index contributed by atoms with van der Waals surface area (Å²) in [6.45, 7) is 0. The number of carbonyl (C=O) groups excluding carboxylic acids is 2. The second kappa shape index (κ2) is 5.51. The molecular formula is C14H12N6O2S. The predicted molar refractivity (Wildman–Crippen MR) is 83.9 cm³/mol. The summed E-state index contributed by atoms with van der Waals surface area (Å²) >= 11 is 1.33. The number of hydrogen-bond donors (Lipinski definition) is 2. The number of aromatic nitrogens is 5. The maximum atomic E-state index is 12.3. The minimum Gasteiger partial charge on any atom is -0.335 e. The number of carbonyl (C=O) groups is 2. The zero-order valence-corrected chi connectivity index (χ0v) is 12.8. The van der Waals surface area contributed by atoms with E-state index < -0.39 is 0 Å². The van der Waals surface area contributed by atoms with Gasteiger partial charge in [-0.3, -0.25) is 15.0 Å². The molecule has 8 nitrogen and oxygen atoms in total. The molecule has 9 heteroatoms. The van der Waals surface area contributed by atoms with Crippen LogP contribution >= 0.6 is 11.8 Å². The molecule has 0 unspecified atom stereocenters. The van der Waals surface area contributed by atoms with E-state index in [1.54, 1.807) is 4.68 Å². The van der Waals surface area contributed by atoms with Gasteiger partial charge in [-0.1, -0.05) is 23.9 Å². The van der Waals surface area contributed by atoms with E-state index in [9.17, 15) is 9.59 Å². The molecule has 2 N–H and O–H groups in total. The number of rotatable bonds is 4. The summed E-state index contributed by atoms with van der Waals surface area (Å²) in [6.07, 6.45) is 0.613. The Morgan fingerprint density at radius 2 is 2.17 bits per heavy atom. The maximum absolute atomic E-state index is 12.3. The van der Waals surface area contributed by atoms with Crippen molar-refractivity contribution in [3.8, 4) is 0 Å². The van der Waals surface area contributed by atoms with Gasteiger partial charge in [-0.05, 0) is 12.1 Å². The standard InChI is InChI=1S/C14H12N6O2S/c21-10(13-15-8-3-1-2-4-9(8)16-13)5-6-11-17-18-14-20(11)19-12(22)7-23-14/h1-4H,5-7H2,(H,15,16)(H,19,22). The van der Waals surface area contributed by atoms with Gasteiger partial charge in [0.25, 0.3) is 0 Å². The van der Waals surface area contributed by atoms with Crippen molar-refractivity contribution in [3.63, 3.8) is 0 Å². The number of aromatic amines is 1. The van der Waals surface area contributed by atoms with Crippen LogP contribution in [0.4, 0.5) is 0 Å². The maximum Gasteiger partial charge on any atom is 0.249 e. The third kappa shape index (κ3) is 2.59. The Morgan fingerprint density at radius 1 is 1.30 bits per heavy atom. The van der Waals surface area contributed by atoms with Gasteiger partial charge in [-0.15, -0.1) is 10.2 Å². The first-order chi connectivity index (χ1) is 11.2. The number of nitrogens with zero attached hydrogens (tertiary/aromatic N) is 4. The van der Waals surface area contributed by atoms with E-state index in [0.29, 0.717) is 29.0 Å². The molecule has 0 saturated carbocycles. The van der Waals surface area contributed by atoms with E-state index >= 15 is 0 Å². The number of aryl methyl sites for hydroxylation is 1. The Kier molecular flexibility index (Phi) is 3.34. The fraction of sp³-hybridized carbons (Fsp3) is 0.214. The molecule has 4 rings (SSSR count). The van der Waals surface area contributed by atoms with E-state index in [-0.39, 0.29) is 18.1 Å². The van der Waals surface area contributed by atoms with E-state index in [2.05, 4.69) is 25.6 Å². The topological polar surface area (TPSA) is 106 Å². The number of H-pyrrole nitrogens is 1. The molecule has 0 fully saturated rings. The normalized spacial score (nSPS) is 13.8. The Morgan fingerprint density at radius 3 is 3.04 bits per heavy atom. The highest BCUT2D eigenvalue weighted by Gasteiger charge is 2.21. The second-order valence-corrected chi connectivity index (χ2v) is 6.03. The molecule has 1 aliphatic heterocycles. The van der Waals surface area contributed by atoms with Gasteiger partial charge in [0.05, 0.1) is 16.8 Å². The number of thioether (sulfide) groups is 1. The van der Waals surface area contributed by atoms with Crippen molar-refractivity contribution in [2.75, 3.05) is 11.2 Å². The highest BCUT2D eigenvalue weighted by molar-refractivity contribution is 7.99. The van der Waals surface area contributed by atoms with Crippen LogP contribution < -0.4 is 5.43 Å². The van der Waals surface area contributed by atoms with Crippen molar-refractivity contribution in [2.24, 2.45) is 0 Å². The van der Waals surface area contributed by atoms with Crippen LogP contribution in [0, 0.1) is 0 Å². The van der Waals surface area contributed by atoms with E-state index in [4.69, 9.17) is 0 Å². The third-order valence-electron chi connectivity index (χ3n) is 3.50. The highest BCUT2D eigenvalue weighted by Crippen LogP contribution is 2.20. The number of ketones is 1. The largest absolute Gasteiger partial charge is 0.335 e. The number of hydrogen-bond acceptors (Lipinski definition) is 6. The lowest BCUT2D eigenvalue weighted by atomic mass is 10.2. The van der Waals surface area contributed by atoms with Crippen molar-refractivity contribution in [2.45, 2.75) is 18.0 Å². The van der Waals surface area contributed by atoms with Gasteiger partial charge in [0.2, 0.25) is 11.1 Å². The van der Waals surface area contributed by atoms with Gasteiger partial charge in [0.1, 0.15) is 0 Å². The molecule has 3 aromatic rings. The van der Waals surface area contributed by atoms with Crippen molar-refractivity contribution < 1.29 is 9.59 Å². The van der Waals surface area contributed by atoms with E-state index in [1.165, 1.54) is 11.8 Å². The van der Waals surface area contributed by atoms with E-state index in [1.807, 2.05) is 24.3 Å². The minimum atomic E-state index is -0.104. The predicted octanol–water partition coefficient (Wildman–Crippen LogP) is 1.15. The number of para-hydroxylation sites is 2. The zero-order chi connectivity index (χ0) is 15.8. The Balaban J connectivity index is 1.50. The molecule has 3 heterocycles. The molecule has 1 aromatic carbocycles. The molecule has 0 saturated heterocycles. The van der Waals surface area contributed by atoms with Crippen molar-refractivity contribution in [1.29, 1.82) is 0 Å². The molecule has 0 aliphatic carbocycles.